The largest absolute Gasteiger partial charge is 0.223 e. The van der Waals surface area contributed by atoms with Gasteiger partial charge in [0.15, 0.2) is 19.7 Å². The van der Waals surface area contributed by atoms with Gasteiger partial charge < -0.3 is 0 Å². The molecule has 2 fully saturated rings. The number of rotatable bonds is 4. The average Bonchev–Trinajstić information content (AvgIpc) is 3.20. The second kappa shape index (κ2) is 5.79. The van der Waals surface area contributed by atoms with Gasteiger partial charge in [0.25, 0.3) is 0 Å². The molecule has 0 unspecified atom stereocenters. The molecule has 0 spiro atoms. The Labute approximate surface area is 159 Å². The molecule has 0 saturated heterocycles. The maximum absolute atomic E-state index is 13.4. The number of fused-ring (bicyclic) bond motifs is 5. The molecule has 0 radical (unpaired) electrons. The highest BCUT2D eigenvalue weighted by atomic mass is 32.2. The molecular weight excluding hydrogens is 380 g/mol. The normalized spacial score (nSPS) is 34.2. The van der Waals surface area contributed by atoms with Gasteiger partial charge in [0, 0.05) is 0 Å². The van der Waals surface area contributed by atoms with Crippen LogP contribution in [0.2, 0.25) is 0 Å². The highest BCUT2D eigenvalue weighted by Gasteiger charge is 2.69. The van der Waals surface area contributed by atoms with E-state index < -0.39 is 30.2 Å². The summed E-state index contributed by atoms with van der Waals surface area (Å²) in [6.45, 7) is 0. The molecule has 0 aliphatic heterocycles. The Kier molecular flexibility index (Phi) is 3.69. The fourth-order valence-electron chi connectivity index (χ4n) is 5.42. The van der Waals surface area contributed by atoms with Crippen molar-refractivity contribution in [1.82, 2.24) is 0 Å². The summed E-state index contributed by atoms with van der Waals surface area (Å²) < 4.78 is 53.7. The van der Waals surface area contributed by atoms with Crippen LogP contribution in [-0.4, -0.2) is 27.3 Å². The number of allylic oxidation sites excluding steroid dienone is 2. The third-order valence-corrected chi connectivity index (χ3v) is 11.2. The number of hydrogen-bond donors (Lipinski definition) is 0. The van der Waals surface area contributed by atoms with Gasteiger partial charge in [-0.3, -0.25) is 0 Å². The molecule has 2 aromatic carbocycles. The van der Waals surface area contributed by atoms with Crippen LogP contribution in [0.4, 0.5) is 0 Å². The van der Waals surface area contributed by atoms with Gasteiger partial charge in [-0.05, 0) is 54.4 Å². The van der Waals surface area contributed by atoms with E-state index in [2.05, 4.69) is 12.2 Å². The lowest BCUT2D eigenvalue weighted by atomic mass is 9.67. The summed E-state index contributed by atoms with van der Waals surface area (Å²) in [5.41, 5.74) is 0. The van der Waals surface area contributed by atoms with Gasteiger partial charge in [0.2, 0.25) is 0 Å². The van der Waals surface area contributed by atoms with Crippen LogP contribution < -0.4 is 0 Å². The third kappa shape index (κ3) is 2.32. The van der Waals surface area contributed by atoms with Crippen molar-refractivity contribution in [2.24, 2.45) is 23.7 Å². The molecule has 3 aliphatic carbocycles. The van der Waals surface area contributed by atoms with Crippen LogP contribution in [0.25, 0.3) is 0 Å². The summed E-state index contributed by atoms with van der Waals surface area (Å²) in [5, 5.41) is -1.76. The summed E-state index contributed by atoms with van der Waals surface area (Å²) in [6, 6.07) is 16.5. The first-order chi connectivity index (χ1) is 12.9. The Hall–Kier alpha value is -1.92. The van der Waals surface area contributed by atoms with Gasteiger partial charge >= 0.3 is 0 Å². The predicted octanol–water partition coefficient (Wildman–Crippen LogP) is 3.12. The SMILES string of the molecule is O=S(=O)(c1ccccc1)[C@@H]1[C@H]2[C@@H]([C@H]1S(=O)(=O)c1ccccc1)[C@H]1C=C[C@H]2C1. The zero-order valence-corrected chi connectivity index (χ0v) is 16.2. The molecule has 0 aromatic heterocycles. The molecule has 2 bridgehead atoms. The van der Waals surface area contributed by atoms with Crippen LogP contribution in [-0.2, 0) is 19.7 Å². The Morgan fingerprint density at radius 2 is 0.963 bits per heavy atom. The maximum atomic E-state index is 13.4. The zero-order valence-electron chi connectivity index (χ0n) is 14.5. The molecule has 3 aliphatic rings. The molecule has 0 amide bonds. The lowest BCUT2D eigenvalue weighted by Gasteiger charge is -2.51. The van der Waals surface area contributed by atoms with Crippen LogP contribution in [0.15, 0.2) is 82.6 Å². The van der Waals surface area contributed by atoms with Crippen molar-refractivity contribution in [3.8, 4) is 0 Å². The molecule has 4 nitrogen and oxygen atoms in total. The van der Waals surface area contributed by atoms with Crippen molar-refractivity contribution >= 4 is 19.7 Å². The van der Waals surface area contributed by atoms with Crippen LogP contribution in [0.5, 0.6) is 0 Å². The van der Waals surface area contributed by atoms with Crippen LogP contribution >= 0.6 is 0 Å². The lowest BCUT2D eigenvalue weighted by Crippen LogP contribution is -2.63. The molecular formula is C21H20O4S2. The van der Waals surface area contributed by atoms with E-state index in [1.54, 1.807) is 60.7 Å². The van der Waals surface area contributed by atoms with E-state index in [1.807, 2.05) is 0 Å². The Morgan fingerprint density at radius 1 is 0.593 bits per heavy atom. The van der Waals surface area contributed by atoms with Gasteiger partial charge in [-0.1, -0.05) is 48.6 Å². The van der Waals surface area contributed by atoms with Gasteiger partial charge in [0.1, 0.15) is 0 Å². The highest BCUT2D eigenvalue weighted by molar-refractivity contribution is 7.96. The summed E-state index contributed by atoms with van der Waals surface area (Å²) >= 11 is 0. The Balaban J connectivity index is 1.64. The van der Waals surface area contributed by atoms with Gasteiger partial charge in [0.05, 0.1) is 20.3 Å². The van der Waals surface area contributed by atoms with Crippen molar-refractivity contribution in [2.75, 3.05) is 0 Å². The molecule has 6 heteroatoms. The fourth-order valence-corrected chi connectivity index (χ4v) is 10.7. The van der Waals surface area contributed by atoms with Gasteiger partial charge in [-0.2, -0.15) is 0 Å². The molecule has 140 valence electrons. The summed E-state index contributed by atoms with van der Waals surface area (Å²) in [5.74, 6) is 0.138. The first kappa shape index (κ1) is 17.2. The quantitative estimate of drug-likeness (QED) is 0.740. The second-order valence-electron chi connectivity index (χ2n) is 7.75. The summed E-state index contributed by atoms with van der Waals surface area (Å²) in [6.07, 6.45) is 5.05. The highest BCUT2D eigenvalue weighted by Crippen LogP contribution is 2.63. The number of sulfone groups is 2. The minimum absolute atomic E-state index is 0.103. The van der Waals surface area contributed by atoms with Crippen LogP contribution in [0, 0.1) is 23.7 Å². The summed E-state index contributed by atoms with van der Waals surface area (Å²) in [4.78, 5) is 0.432. The third-order valence-electron chi connectivity index (χ3n) is 6.53. The molecule has 6 atom stereocenters. The lowest BCUT2D eigenvalue weighted by molar-refractivity contribution is 0.171. The van der Waals surface area contributed by atoms with E-state index in [1.165, 1.54) is 0 Å². The first-order valence-corrected chi connectivity index (χ1v) is 12.3. The molecule has 0 heterocycles. The topological polar surface area (TPSA) is 68.3 Å². The van der Waals surface area contributed by atoms with E-state index in [0.717, 1.165) is 6.42 Å². The fraction of sp³-hybridized carbons (Fsp3) is 0.333. The van der Waals surface area contributed by atoms with Crippen molar-refractivity contribution in [1.29, 1.82) is 0 Å². The van der Waals surface area contributed by atoms with Crippen molar-refractivity contribution in [3.63, 3.8) is 0 Å². The van der Waals surface area contributed by atoms with Crippen molar-refractivity contribution < 1.29 is 16.8 Å². The molecule has 27 heavy (non-hydrogen) atoms. The molecule has 2 saturated carbocycles. The molecule has 2 aromatic rings. The van der Waals surface area contributed by atoms with E-state index in [0.29, 0.717) is 0 Å². The standard InChI is InChI=1S/C21H20O4S2/c22-26(23,16-7-3-1-4-8-16)20-18-14-11-12-15(13-14)19(18)21(20)27(24,25)17-9-5-2-6-10-17/h1-12,14-15,18-21H,13H2/t14-,15-,18-,19+,20+,21+/m0/s1. The number of hydrogen-bond acceptors (Lipinski definition) is 4. The van der Waals surface area contributed by atoms with Crippen LogP contribution in [0.3, 0.4) is 0 Å². The number of benzene rings is 2. The van der Waals surface area contributed by atoms with E-state index in [4.69, 9.17) is 0 Å². The smallest absolute Gasteiger partial charge is 0.182 e. The Bertz CT molecular complexity index is 1020. The van der Waals surface area contributed by atoms with E-state index in [9.17, 15) is 16.8 Å². The zero-order chi connectivity index (χ0) is 18.8. The van der Waals surface area contributed by atoms with Gasteiger partial charge in [-0.15, -0.1) is 0 Å². The van der Waals surface area contributed by atoms with Gasteiger partial charge in [-0.25, -0.2) is 16.8 Å². The van der Waals surface area contributed by atoms with Crippen LogP contribution in [0.1, 0.15) is 6.42 Å². The maximum Gasteiger partial charge on any atom is 0.182 e. The minimum atomic E-state index is -3.73. The molecule has 5 rings (SSSR count). The van der Waals surface area contributed by atoms with E-state index in [-0.39, 0.29) is 33.5 Å². The minimum Gasteiger partial charge on any atom is -0.223 e. The summed E-state index contributed by atoms with van der Waals surface area (Å²) in [7, 11) is -7.46. The Morgan fingerprint density at radius 3 is 1.33 bits per heavy atom. The molecule has 0 N–H and O–H groups in total. The monoisotopic (exact) mass is 400 g/mol. The predicted molar refractivity (Wildman–Crippen MR) is 103 cm³/mol. The van der Waals surface area contributed by atoms with Crippen molar-refractivity contribution in [2.45, 2.75) is 26.7 Å². The second-order valence-corrected chi connectivity index (χ2v) is 12.0. The first-order valence-electron chi connectivity index (χ1n) is 9.18. The average molecular weight is 401 g/mol. The van der Waals surface area contributed by atoms with E-state index >= 15 is 0 Å². The van der Waals surface area contributed by atoms with Crippen molar-refractivity contribution in [3.05, 3.63) is 72.8 Å².